The highest BCUT2D eigenvalue weighted by Crippen LogP contribution is 2.26. The number of ether oxygens (including phenoxy) is 1. The Morgan fingerprint density at radius 3 is 2.38 bits per heavy atom. The Labute approximate surface area is 169 Å². The second-order valence-corrected chi connectivity index (χ2v) is 7.66. The topological polar surface area (TPSA) is 38.3 Å². The third kappa shape index (κ3) is 4.74. The molecule has 3 aromatic carbocycles. The molecule has 0 aliphatic heterocycles. The van der Waals surface area contributed by atoms with Crippen LogP contribution in [0.4, 0.5) is 5.69 Å². The molecule has 1 amide bonds. The van der Waals surface area contributed by atoms with Crippen molar-refractivity contribution in [2.24, 2.45) is 0 Å². The van der Waals surface area contributed by atoms with Crippen molar-refractivity contribution in [1.82, 2.24) is 0 Å². The molecule has 0 atom stereocenters. The van der Waals surface area contributed by atoms with Crippen LogP contribution in [0.1, 0.15) is 21.5 Å². The van der Waals surface area contributed by atoms with Gasteiger partial charge in [-0.1, -0.05) is 62.2 Å². The van der Waals surface area contributed by atoms with Gasteiger partial charge in [0.25, 0.3) is 5.91 Å². The van der Waals surface area contributed by atoms with Gasteiger partial charge in [-0.25, -0.2) is 0 Å². The first-order valence-electron chi connectivity index (χ1n) is 8.07. The summed E-state index contributed by atoms with van der Waals surface area (Å²) in [6.07, 6.45) is 0. The Balaban J connectivity index is 1.81. The predicted octanol–water partition coefficient (Wildman–Crippen LogP) is 6.35. The lowest BCUT2D eigenvalue weighted by molar-refractivity contribution is 0.102. The highest BCUT2D eigenvalue weighted by Gasteiger charge is 2.15. The van der Waals surface area contributed by atoms with E-state index in [1.54, 1.807) is 12.1 Å². The molecule has 0 saturated carbocycles. The SMILES string of the molecule is Cc1cc(Br)ccc1NC(=O)c1cc(Br)ccc1OCc1ccccc1. The maximum absolute atomic E-state index is 12.8. The van der Waals surface area contributed by atoms with E-state index in [1.165, 1.54) is 0 Å². The molecule has 0 spiro atoms. The summed E-state index contributed by atoms with van der Waals surface area (Å²) in [5.74, 6) is 0.337. The van der Waals surface area contributed by atoms with Crippen LogP contribution < -0.4 is 10.1 Å². The fourth-order valence-electron chi connectivity index (χ4n) is 2.50. The van der Waals surface area contributed by atoms with Gasteiger partial charge in [0.15, 0.2) is 0 Å². The standard InChI is InChI=1S/C21H17Br2NO2/c1-14-11-16(22)7-9-19(14)24-21(25)18-12-17(23)8-10-20(18)26-13-15-5-3-2-4-6-15/h2-12H,13H2,1H3,(H,24,25). The first-order valence-corrected chi connectivity index (χ1v) is 9.65. The zero-order valence-electron chi connectivity index (χ0n) is 14.1. The van der Waals surface area contributed by atoms with Crippen molar-refractivity contribution in [2.45, 2.75) is 13.5 Å². The Bertz CT molecular complexity index is 927. The van der Waals surface area contributed by atoms with Gasteiger partial charge in [-0.15, -0.1) is 0 Å². The number of carbonyl (C=O) groups is 1. The molecule has 0 aliphatic carbocycles. The van der Waals surface area contributed by atoms with Gasteiger partial charge in [-0.3, -0.25) is 4.79 Å². The summed E-state index contributed by atoms with van der Waals surface area (Å²) in [6.45, 7) is 2.36. The molecular formula is C21H17Br2NO2. The van der Waals surface area contributed by atoms with E-state index < -0.39 is 0 Å². The number of anilines is 1. The van der Waals surface area contributed by atoms with Crippen molar-refractivity contribution < 1.29 is 9.53 Å². The van der Waals surface area contributed by atoms with Crippen LogP contribution in [0.2, 0.25) is 0 Å². The van der Waals surface area contributed by atoms with E-state index in [-0.39, 0.29) is 5.91 Å². The van der Waals surface area contributed by atoms with Crippen molar-refractivity contribution in [1.29, 1.82) is 0 Å². The minimum atomic E-state index is -0.209. The van der Waals surface area contributed by atoms with E-state index in [1.807, 2.05) is 61.5 Å². The third-order valence-electron chi connectivity index (χ3n) is 3.86. The minimum absolute atomic E-state index is 0.209. The van der Waals surface area contributed by atoms with Crippen LogP contribution in [0.3, 0.4) is 0 Å². The fraction of sp³-hybridized carbons (Fsp3) is 0.0952. The van der Waals surface area contributed by atoms with Gasteiger partial charge in [0.1, 0.15) is 12.4 Å². The number of amides is 1. The van der Waals surface area contributed by atoms with E-state index in [2.05, 4.69) is 37.2 Å². The lowest BCUT2D eigenvalue weighted by Crippen LogP contribution is -2.14. The highest BCUT2D eigenvalue weighted by atomic mass is 79.9. The molecule has 0 aromatic heterocycles. The molecule has 0 saturated heterocycles. The fourth-order valence-corrected chi connectivity index (χ4v) is 3.33. The number of carbonyl (C=O) groups excluding carboxylic acids is 1. The van der Waals surface area contributed by atoms with Crippen LogP contribution in [0.5, 0.6) is 5.75 Å². The van der Waals surface area contributed by atoms with Gasteiger partial charge >= 0.3 is 0 Å². The second-order valence-electron chi connectivity index (χ2n) is 5.83. The molecule has 3 aromatic rings. The zero-order valence-corrected chi connectivity index (χ0v) is 17.3. The normalized spacial score (nSPS) is 10.4. The van der Waals surface area contributed by atoms with Gasteiger partial charge in [-0.2, -0.15) is 0 Å². The quantitative estimate of drug-likeness (QED) is 0.467. The van der Waals surface area contributed by atoms with E-state index in [4.69, 9.17) is 4.74 Å². The number of nitrogens with one attached hydrogen (secondary N) is 1. The van der Waals surface area contributed by atoms with Crippen LogP contribution in [0, 0.1) is 6.92 Å². The summed E-state index contributed by atoms with van der Waals surface area (Å²) in [6, 6.07) is 21.0. The van der Waals surface area contributed by atoms with Crippen LogP contribution in [-0.2, 0) is 6.61 Å². The third-order valence-corrected chi connectivity index (χ3v) is 4.85. The van der Waals surface area contributed by atoms with Crippen molar-refractivity contribution in [3.63, 3.8) is 0 Å². The number of halogens is 2. The molecular weight excluding hydrogens is 458 g/mol. The molecule has 3 rings (SSSR count). The Hall–Kier alpha value is -2.11. The minimum Gasteiger partial charge on any atom is -0.488 e. The average molecular weight is 475 g/mol. The van der Waals surface area contributed by atoms with E-state index >= 15 is 0 Å². The smallest absolute Gasteiger partial charge is 0.259 e. The first-order chi connectivity index (χ1) is 12.5. The molecule has 0 radical (unpaired) electrons. The zero-order chi connectivity index (χ0) is 18.5. The molecule has 0 heterocycles. The molecule has 0 fully saturated rings. The van der Waals surface area contributed by atoms with E-state index in [0.717, 1.165) is 25.8 Å². The maximum atomic E-state index is 12.8. The number of rotatable bonds is 5. The molecule has 5 heteroatoms. The van der Waals surface area contributed by atoms with Crippen LogP contribution >= 0.6 is 31.9 Å². The van der Waals surface area contributed by atoms with Crippen molar-refractivity contribution in [3.8, 4) is 5.75 Å². The lowest BCUT2D eigenvalue weighted by atomic mass is 10.1. The summed E-state index contributed by atoms with van der Waals surface area (Å²) in [4.78, 5) is 12.8. The van der Waals surface area contributed by atoms with Crippen molar-refractivity contribution in [2.75, 3.05) is 5.32 Å². The highest BCUT2D eigenvalue weighted by molar-refractivity contribution is 9.10. The van der Waals surface area contributed by atoms with Gasteiger partial charge in [0, 0.05) is 14.6 Å². The molecule has 132 valence electrons. The van der Waals surface area contributed by atoms with Crippen LogP contribution in [-0.4, -0.2) is 5.91 Å². The number of hydrogen-bond acceptors (Lipinski definition) is 2. The van der Waals surface area contributed by atoms with E-state index in [9.17, 15) is 4.79 Å². The Kier molecular flexibility index (Phi) is 6.12. The van der Waals surface area contributed by atoms with Crippen LogP contribution in [0.15, 0.2) is 75.7 Å². The summed E-state index contributed by atoms with van der Waals surface area (Å²) in [5, 5.41) is 2.96. The first kappa shape index (κ1) is 18.7. The molecule has 0 unspecified atom stereocenters. The van der Waals surface area contributed by atoms with Crippen LogP contribution in [0.25, 0.3) is 0 Å². The Morgan fingerprint density at radius 2 is 1.65 bits per heavy atom. The predicted molar refractivity (Wildman–Crippen MR) is 112 cm³/mol. The lowest BCUT2D eigenvalue weighted by Gasteiger charge is -2.13. The number of aryl methyl sites for hydroxylation is 1. The van der Waals surface area contributed by atoms with E-state index in [0.29, 0.717) is 17.9 Å². The molecule has 0 bridgehead atoms. The number of hydrogen-bond donors (Lipinski definition) is 1. The molecule has 3 nitrogen and oxygen atoms in total. The van der Waals surface area contributed by atoms with Gasteiger partial charge < -0.3 is 10.1 Å². The monoisotopic (exact) mass is 473 g/mol. The second kappa shape index (κ2) is 8.52. The van der Waals surface area contributed by atoms with Gasteiger partial charge in [0.2, 0.25) is 0 Å². The molecule has 26 heavy (non-hydrogen) atoms. The molecule has 1 N–H and O–H groups in total. The maximum Gasteiger partial charge on any atom is 0.259 e. The van der Waals surface area contributed by atoms with Crippen molar-refractivity contribution >= 4 is 43.5 Å². The summed E-state index contributed by atoms with van der Waals surface area (Å²) in [5.41, 5.74) is 3.28. The number of benzene rings is 3. The Morgan fingerprint density at radius 1 is 0.962 bits per heavy atom. The average Bonchev–Trinajstić information content (AvgIpc) is 2.63. The largest absolute Gasteiger partial charge is 0.488 e. The van der Waals surface area contributed by atoms with Gasteiger partial charge in [-0.05, 0) is 54.4 Å². The van der Waals surface area contributed by atoms with Gasteiger partial charge in [0.05, 0.1) is 5.56 Å². The summed E-state index contributed by atoms with van der Waals surface area (Å²) >= 11 is 6.86. The van der Waals surface area contributed by atoms with Crippen molar-refractivity contribution in [3.05, 3.63) is 92.4 Å². The summed E-state index contributed by atoms with van der Waals surface area (Å²) in [7, 11) is 0. The summed E-state index contributed by atoms with van der Waals surface area (Å²) < 4.78 is 7.69. The molecule has 0 aliphatic rings.